The average Bonchev–Trinajstić information content (AvgIpc) is 2.47. The molecule has 25 heavy (non-hydrogen) atoms. The summed E-state index contributed by atoms with van der Waals surface area (Å²) < 4.78 is 0. The molecule has 1 aliphatic heterocycles. The number of rotatable bonds is 4. The molecule has 0 amide bonds. The highest BCUT2D eigenvalue weighted by molar-refractivity contribution is 5.90. The molecule has 0 radical (unpaired) electrons. The van der Waals surface area contributed by atoms with Crippen molar-refractivity contribution in [3.8, 4) is 0 Å². The van der Waals surface area contributed by atoms with Crippen molar-refractivity contribution < 1.29 is 15.3 Å². The van der Waals surface area contributed by atoms with Gasteiger partial charge in [0.05, 0.1) is 5.39 Å². The van der Waals surface area contributed by atoms with Gasteiger partial charge in [0.25, 0.3) is 0 Å². The van der Waals surface area contributed by atoms with Crippen molar-refractivity contribution >= 4 is 22.8 Å². The van der Waals surface area contributed by atoms with Crippen LogP contribution >= 0.6 is 0 Å². The maximum absolute atomic E-state index is 9.31. The summed E-state index contributed by atoms with van der Waals surface area (Å²) in [5.41, 5.74) is 2.04. The minimum Gasteiger partial charge on any atom is -0.351 e. The van der Waals surface area contributed by atoms with Crippen LogP contribution in [0.2, 0.25) is 0 Å². The number of anilines is 2. The lowest BCUT2D eigenvalue weighted by atomic mass is 10.1. The fraction of sp³-hybridized carbons (Fsp3) is 0.562. The van der Waals surface area contributed by atoms with Crippen LogP contribution in [0, 0.1) is 13.8 Å². The molecule has 0 atom stereocenters. The Morgan fingerprint density at radius 1 is 1.12 bits per heavy atom. The van der Waals surface area contributed by atoms with Gasteiger partial charge in [-0.05, 0) is 58.5 Å². The Morgan fingerprint density at radius 2 is 1.80 bits per heavy atom. The maximum atomic E-state index is 9.31. The number of nitrogens with zero attached hydrogens (tertiary/aromatic N) is 4. The van der Waals surface area contributed by atoms with Crippen LogP contribution < -0.4 is 10.6 Å². The van der Waals surface area contributed by atoms with E-state index in [-0.39, 0.29) is 11.9 Å². The molecule has 0 unspecified atom stereocenters. The number of likely N-dealkylation sites (tertiary alicyclic amines) is 1. The first kappa shape index (κ1) is 17.7. The first-order chi connectivity index (χ1) is 11.7. The molecule has 1 aliphatic rings. The average molecular weight is 348 g/mol. The Morgan fingerprint density at radius 3 is 2.44 bits per heavy atom. The molecule has 5 N–H and O–H groups in total. The predicted molar refractivity (Wildman–Crippen MR) is 94.0 cm³/mol. The molecular weight excluding hydrogens is 324 g/mol. The molecule has 2 aromatic rings. The number of aryl methyl sites for hydroxylation is 2. The van der Waals surface area contributed by atoms with Crippen LogP contribution in [0.5, 0.6) is 0 Å². The van der Waals surface area contributed by atoms with E-state index >= 15 is 0 Å². The van der Waals surface area contributed by atoms with Crippen LogP contribution in [-0.2, 0) is 0 Å². The molecule has 3 rings (SSSR count). The van der Waals surface area contributed by atoms with Crippen molar-refractivity contribution in [3.63, 3.8) is 0 Å². The van der Waals surface area contributed by atoms with Gasteiger partial charge in [0.1, 0.15) is 5.82 Å². The van der Waals surface area contributed by atoms with E-state index in [9.17, 15) is 15.3 Å². The third kappa shape index (κ3) is 4.31. The van der Waals surface area contributed by atoms with Gasteiger partial charge in [-0.3, -0.25) is 5.32 Å². The van der Waals surface area contributed by atoms with Gasteiger partial charge < -0.3 is 25.5 Å². The van der Waals surface area contributed by atoms with Gasteiger partial charge in [0.2, 0.25) is 5.95 Å². The Bertz CT molecular complexity index is 769. The summed E-state index contributed by atoms with van der Waals surface area (Å²) in [6, 6.07) is 2.07. The van der Waals surface area contributed by atoms with Crippen LogP contribution in [0.25, 0.3) is 11.0 Å². The van der Waals surface area contributed by atoms with E-state index in [1.54, 1.807) is 0 Å². The minimum atomic E-state index is -3.08. The van der Waals surface area contributed by atoms with E-state index in [0.29, 0.717) is 17.0 Å². The lowest BCUT2D eigenvalue weighted by Gasteiger charge is -2.29. The van der Waals surface area contributed by atoms with Crippen molar-refractivity contribution in [1.82, 2.24) is 19.9 Å². The summed E-state index contributed by atoms with van der Waals surface area (Å²) in [7, 11) is 2.09. The van der Waals surface area contributed by atoms with Crippen LogP contribution in [0.15, 0.2) is 6.07 Å². The molecule has 0 bridgehead atoms. The molecule has 3 heterocycles. The van der Waals surface area contributed by atoms with E-state index in [4.69, 9.17) is 0 Å². The van der Waals surface area contributed by atoms with Crippen molar-refractivity contribution in [2.75, 3.05) is 30.8 Å². The van der Waals surface area contributed by atoms with E-state index in [2.05, 4.69) is 37.5 Å². The zero-order chi connectivity index (χ0) is 18.2. The van der Waals surface area contributed by atoms with Crippen LogP contribution in [0.3, 0.4) is 0 Å². The number of nitrogens with one attached hydrogen (secondary N) is 2. The number of hydrogen-bond acceptors (Lipinski definition) is 9. The third-order valence-electron chi connectivity index (χ3n) is 4.33. The molecule has 1 fully saturated rings. The quantitative estimate of drug-likeness (QED) is 0.491. The molecule has 136 valence electrons. The molecule has 0 aliphatic carbocycles. The second-order valence-corrected chi connectivity index (χ2v) is 6.66. The van der Waals surface area contributed by atoms with Gasteiger partial charge in [-0.2, -0.15) is 9.97 Å². The molecular formula is C16H24N6O3. The van der Waals surface area contributed by atoms with E-state index in [0.717, 1.165) is 37.2 Å². The number of piperidine rings is 1. The van der Waals surface area contributed by atoms with Crippen LogP contribution in [-0.4, -0.2) is 67.4 Å². The Balaban J connectivity index is 1.98. The smallest absolute Gasteiger partial charge is 0.351 e. The normalized spacial score (nSPS) is 17.0. The highest BCUT2D eigenvalue weighted by atomic mass is 16.7. The zero-order valence-electron chi connectivity index (χ0n) is 14.6. The van der Waals surface area contributed by atoms with Gasteiger partial charge in [0.15, 0.2) is 5.65 Å². The van der Waals surface area contributed by atoms with Crippen molar-refractivity contribution in [1.29, 1.82) is 0 Å². The summed E-state index contributed by atoms with van der Waals surface area (Å²) in [6.45, 7) is 5.68. The second-order valence-electron chi connectivity index (χ2n) is 6.66. The number of aromatic nitrogens is 3. The fourth-order valence-corrected chi connectivity index (χ4v) is 3.13. The fourth-order valence-electron chi connectivity index (χ4n) is 3.13. The SMILES string of the molecule is Cc1cc(C)c2c(NC(O)(O)O)nc(NC3CCN(C)CC3)nc2n1. The second kappa shape index (κ2) is 6.68. The monoisotopic (exact) mass is 348 g/mol. The first-order valence-electron chi connectivity index (χ1n) is 8.27. The van der Waals surface area contributed by atoms with Gasteiger partial charge in [-0.15, -0.1) is 0 Å². The first-order valence-corrected chi connectivity index (χ1v) is 8.27. The number of aliphatic hydroxyl groups is 3. The van der Waals surface area contributed by atoms with E-state index in [1.807, 2.05) is 19.9 Å². The molecule has 1 saturated heterocycles. The third-order valence-corrected chi connectivity index (χ3v) is 4.33. The van der Waals surface area contributed by atoms with Gasteiger partial charge in [0, 0.05) is 11.7 Å². The standard InChI is InChI=1S/C16H24N6O3/c1-9-8-10(2)17-13-12(9)14(21-16(23,24)25)20-15(19-13)18-11-4-6-22(3)7-5-11/h8,11,23-25H,4-7H2,1-3H3,(H2,17,18,19,20,21). The van der Waals surface area contributed by atoms with Gasteiger partial charge >= 0.3 is 6.10 Å². The van der Waals surface area contributed by atoms with E-state index < -0.39 is 6.10 Å². The number of hydrogen-bond donors (Lipinski definition) is 5. The number of fused-ring (bicyclic) bond motifs is 1. The minimum absolute atomic E-state index is 0.109. The Kier molecular flexibility index (Phi) is 4.74. The maximum Gasteiger partial charge on any atom is 0.368 e. The molecule has 9 heteroatoms. The van der Waals surface area contributed by atoms with Crippen LogP contribution in [0.1, 0.15) is 24.1 Å². The van der Waals surface area contributed by atoms with Crippen molar-refractivity contribution in [3.05, 3.63) is 17.3 Å². The predicted octanol–water partition coefficient (Wildman–Crippen LogP) is 0.148. The van der Waals surface area contributed by atoms with Crippen LogP contribution in [0.4, 0.5) is 11.8 Å². The summed E-state index contributed by atoms with van der Waals surface area (Å²) >= 11 is 0. The summed E-state index contributed by atoms with van der Waals surface area (Å²) in [6.07, 6.45) is -1.15. The number of pyridine rings is 1. The summed E-state index contributed by atoms with van der Waals surface area (Å²) in [5.74, 6) is 0.448. The molecule has 0 spiro atoms. The van der Waals surface area contributed by atoms with Gasteiger partial charge in [-0.1, -0.05) is 0 Å². The van der Waals surface area contributed by atoms with E-state index in [1.165, 1.54) is 0 Å². The topological polar surface area (TPSA) is 127 Å². The van der Waals surface area contributed by atoms with Gasteiger partial charge in [-0.25, -0.2) is 4.98 Å². The largest absolute Gasteiger partial charge is 0.368 e. The highest BCUT2D eigenvalue weighted by Crippen LogP contribution is 2.27. The highest BCUT2D eigenvalue weighted by Gasteiger charge is 2.23. The Labute approximate surface area is 145 Å². The van der Waals surface area contributed by atoms with Crippen molar-refractivity contribution in [2.24, 2.45) is 0 Å². The molecule has 0 aromatic carbocycles. The molecule has 0 saturated carbocycles. The summed E-state index contributed by atoms with van der Waals surface area (Å²) in [5, 5.41) is 33.9. The summed E-state index contributed by atoms with van der Waals surface area (Å²) in [4.78, 5) is 15.5. The lowest BCUT2D eigenvalue weighted by Crippen LogP contribution is -2.38. The zero-order valence-corrected chi connectivity index (χ0v) is 14.6. The van der Waals surface area contributed by atoms with Crippen molar-refractivity contribution in [2.45, 2.75) is 38.8 Å². The lowest BCUT2D eigenvalue weighted by molar-refractivity contribution is -0.289. The molecule has 2 aromatic heterocycles. The molecule has 9 nitrogen and oxygen atoms in total. The Hall–Kier alpha value is -2.07.